The highest BCUT2D eigenvalue weighted by atomic mass is 32.1. The van der Waals surface area contributed by atoms with Gasteiger partial charge in [-0.1, -0.05) is 24.3 Å². The Balaban J connectivity index is 1.75. The van der Waals surface area contributed by atoms with Crippen molar-refractivity contribution in [1.82, 2.24) is 10.3 Å². The Bertz CT molecular complexity index is 479. The van der Waals surface area contributed by atoms with E-state index in [4.69, 9.17) is 5.73 Å². The Morgan fingerprint density at radius 3 is 2.88 bits per heavy atom. The van der Waals surface area contributed by atoms with Crippen molar-refractivity contribution in [2.45, 2.75) is 19.9 Å². The maximum atomic E-state index is 5.57. The zero-order chi connectivity index (χ0) is 12.1. The molecule has 1 aromatic carbocycles. The summed E-state index contributed by atoms with van der Waals surface area (Å²) in [4.78, 5) is 5.21. The molecule has 1 heterocycles. The third-order valence-electron chi connectivity index (χ3n) is 2.70. The topological polar surface area (TPSA) is 50.9 Å². The molecule has 0 aliphatic carbocycles. The van der Waals surface area contributed by atoms with Gasteiger partial charge in [0.15, 0.2) is 5.13 Å². The van der Waals surface area contributed by atoms with Gasteiger partial charge in [-0.2, -0.15) is 0 Å². The molecule has 0 fully saturated rings. The van der Waals surface area contributed by atoms with E-state index < -0.39 is 0 Å². The van der Waals surface area contributed by atoms with E-state index >= 15 is 0 Å². The summed E-state index contributed by atoms with van der Waals surface area (Å²) in [5.41, 5.74) is 8.34. The maximum absolute atomic E-state index is 5.57. The highest BCUT2D eigenvalue weighted by molar-refractivity contribution is 7.15. The van der Waals surface area contributed by atoms with Crippen LogP contribution >= 0.6 is 11.3 Å². The molecule has 3 nitrogen and oxygen atoms in total. The van der Waals surface area contributed by atoms with Crippen LogP contribution in [0.4, 0.5) is 5.13 Å². The number of aromatic nitrogens is 1. The minimum Gasteiger partial charge on any atom is -0.375 e. The number of hydrogen-bond acceptors (Lipinski definition) is 4. The van der Waals surface area contributed by atoms with Crippen LogP contribution in [-0.2, 0) is 13.0 Å². The van der Waals surface area contributed by atoms with E-state index in [9.17, 15) is 0 Å². The Hall–Kier alpha value is -1.39. The molecule has 0 spiro atoms. The van der Waals surface area contributed by atoms with Gasteiger partial charge in [-0.25, -0.2) is 4.98 Å². The second-order valence-electron chi connectivity index (χ2n) is 4.02. The van der Waals surface area contributed by atoms with Crippen LogP contribution in [0.15, 0.2) is 30.5 Å². The lowest BCUT2D eigenvalue weighted by Crippen LogP contribution is -2.16. The first-order valence-corrected chi connectivity index (χ1v) is 6.53. The molecular weight excluding hydrogens is 230 g/mol. The van der Waals surface area contributed by atoms with Crippen molar-refractivity contribution in [3.63, 3.8) is 0 Å². The van der Waals surface area contributed by atoms with Crippen LogP contribution in [0.5, 0.6) is 0 Å². The van der Waals surface area contributed by atoms with E-state index in [0.29, 0.717) is 5.13 Å². The highest BCUT2D eigenvalue weighted by Crippen LogP contribution is 2.13. The number of aryl methyl sites for hydroxylation is 1. The molecule has 0 saturated carbocycles. The molecule has 0 saturated heterocycles. The molecule has 0 aliphatic heterocycles. The van der Waals surface area contributed by atoms with Crippen molar-refractivity contribution in [3.05, 3.63) is 46.5 Å². The van der Waals surface area contributed by atoms with Crippen LogP contribution in [0, 0.1) is 6.92 Å². The molecule has 0 aliphatic rings. The van der Waals surface area contributed by atoms with Gasteiger partial charge in [0, 0.05) is 17.6 Å². The summed E-state index contributed by atoms with van der Waals surface area (Å²) in [5.74, 6) is 0. The lowest BCUT2D eigenvalue weighted by atomic mass is 10.1. The van der Waals surface area contributed by atoms with Crippen molar-refractivity contribution in [2.75, 3.05) is 12.3 Å². The number of nitrogen functional groups attached to an aromatic ring is 1. The second-order valence-corrected chi connectivity index (χ2v) is 5.16. The first-order chi connectivity index (χ1) is 8.25. The largest absolute Gasteiger partial charge is 0.375 e. The van der Waals surface area contributed by atoms with E-state index in [1.807, 2.05) is 6.20 Å². The Morgan fingerprint density at radius 2 is 2.18 bits per heavy atom. The molecule has 0 unspecified atom stereocenters. The average Bonchev–Trinajstić information content (AvgIpc) is 2.73. The summed E-state index contributed by atoms with van der Waals surface area (Å²) in [7, 11) is 0. The SMILES string of the molecule is Cc1ccccc1CCNCc1cnc(N)s1. The summed E-state index contributed by atoms with van der Waals surface area (Å²) >= 11 is 1.54. The number of thiazole rings is 1. The van der Waals surface area contributed by atoms with Gasteiger partial charge in [-0.05, 0) is 31.0 Å². The molecule has 1 aromatic heterocycles. The molecule has 0 atom stereocenters. The molecule has 2 aromatic rings. The van der Waals surface area contributed by atoms with Crippen LogP contribution in [0.1, 0.15) is 16.0 Å². The van der Waals surface area contributed by atoms with Crippen LogP contribution in [0.2, 0.25) is 0 Å². The molecule has 17 heavy (non-hydrogen) atoms. The lowest BCUT2D eigenvalue weighted by Gasteiger charge is -2.06. The predicted octanol–water partition coefficient (Wildman–Crippen LogP) is 2.37. The number of nitrogens with zero attached hydrogens (tertiary/aromatic N) is 1. The number of benzene rings is 1. The number of hydrogen-bond donors (Lipinski definition) is 2. The summed E-state index contributed by atoms with van der Waals surface area (Å²) in [6, 6.07) is 8.50. The van der Waals surface area contributed by atoms with Gasteiger partial charge in [0.25, 0.3) is 0 Å². The van der Waals surface area contributed by atoms with Gasteiger partial charge in [-0.15, -0.1) is 11.3 Å². The normalized spacial score (nSPS) is 10.6. The lowest BCUT2D eigenvalue weighted by molar-refractivity contribution is 0.691. The molecule has 0 bridgehead atoms. The number of nitrogens with two attached hydrogens (primary N) is 1. The molecule has 0 amide bonds. The first kappa shape index (κ1) is 12.1. The number of rotatable bonds is 5. The molecule has 90 valence electrons. The number of nitrogens with one attached hydrogen (secondary N) is 1. The minimum atomic E-state index is 0.640. The van der Waals surface area contributed by atoms with E-state index in [0.717, 1.165) is 19.5 Å². The van der Waals surface area contributed by atoms with Gasteiger partial charge in [0.2, 0.25) is 0 Å². The van der Waals surface area contributed by atoms with E-state index in [1.165, 1.54) is 16.0 Å². The smallest absolute Gasteiger partial charge is 0.180 e. The van der Waals surface area contributed by atoms with Crippen LogP contribution in [0.3, 0.4) is 0 Å². The van der Waals surface area contributed by atoms with Crippen molar-refractivity contribution < 1.29 is 0 Å². The standard InChI is InChI=1S/C13H17N3S/c1-10-4-2-3-5-11(10)6-7-15-8-12-9-16-13(14)17-12/h2-5,9,15H,6-8H2,1H3,(H2,14,16). The first-order valence-electron chi connectivity index (χ1n) is 5.71. The molecule has 0 radical (unpaired) electrons. The average molecular weight is 247 g/mol. The highest BCUT2D eigenvalue weighted by Gasteiger charge is 1.99. The Kier molecular flexibility index (Phi) is 4.12. The summed E-state index contributed by atoms with van der Waals surface area (Å²) in [6.07, 6.45) is 2.89. The van der Waals surface area contributed by atoms with Crippen LogP contribution in [0.25, 0.3) is 0 Å². The van der Waals surface area contributed by atoms with Crippen molar-refractivity contribution in [3.8, 4) is 0 Å². The van der Waals surface area contributed by atoms with Crippen LogP contribution in [-0.4, -0.2) is 11.5 Å². The van der Waals surface area contributed by atoms with E-state index in [2.05, 4.69) is 41.5 Å². The quantitative estimate of drug-likeness (QED) is 0.798. The fourth-order valence-electron chi connectivity index (χ4n) is 1.73. The predicted molar refractivity (Wildman–Crippen MR) is 73.1 cm³/mol. The maximum Gasteiger partial charge on any atom is 0.180 e. The van der Waals surface area contributed by atoms with Gasteiger partial charge in [0.05, 0.1) is 0 Å². The second kappa shape index (κ2) is 5.80. The van der Waals surface area contributed by atoms with Crippen LogP contribution < -0.4 is 11.1 Å². The molecule has 3 N–H and O–H groups in total. The third-order valence-corrected chi connectivity index (χ3v) is 3.53. The van der Waals surface area contributed by atoms with Crippen molar-refractivity contribution in [1.29, 1.82) is 0 Å². The van der Waals surface area contributed by atoms with E-state index in [1.54, 1.807) is 11.3 Å². The van der Waals surface area contributed by atoms with Gasteiger partial charge < -0.3 is 11.1 Å². The van der Waals surface area contributed by atoms with Gasteiger partial charge >= 0.3 is 0 Å². The number of anilines is 1. The fourth-order valence-corrected chi connectivity index (χ4v) is 2.38. The third kappa shape index (κ3) is 3.54. The molecule has 4 heteroatoms. The summed E-state index contributed by atoms with van der Waals surface area (Å²) in [5, 5.41) is 4.05. The zero-order valence-corrected chi connectivity index (χ0v) is 10.8. The molecular formula is C13H17N3S. The van der Waals surface area contributed by atoms with Crippen molar-refractivity contribution >= 4 is 16.5 Å². The Labute approximate surface area is 106 Å². The Morgan fingerprint density at radius 1 is 1.35 bits per heavy atom. The minimum absolute atomic E-state index is 0.640. The van der Waals surface area contributed by atoms with Gasteiger partial charge in [-0.3, -0.25) is 0 Å². The van der Waals surface area contributed by atoms with Gasteiger partial charge in [0.1, 0.15) is 0 Å². The monoisotopic (exact) mass is 247 g/mol. The molecule has 2 rings (SSSR count). The van der Waals surface area contributed by atoms with Crippen molar-refractivity contribution in [2.24, 2.45) is 0 Å². The van der Waals surface area contributed by atoms with E-state index in [-0.39, 0.29) is 0 Å². The fraction of sp³-hybridized carbons (Fsp3) is 0.308. The zero-order valence-electron chi connectivity index (χ0n) is 9.94. The summed E-state index contributed by atoms with van der Waals surface area (Å²) in [6.45, 7) is 3.97. The summed E-state index contributed by atoms with van der Waals surface area (Å²) < 4.78 is 0.